The fourth-order valence-corrected chi connectivity index (χ4v) is 5.29. The standard InChI is InChI=1S/C18H21N3O2S2/c22-16(20-18-19-13-6-1-2-7-14(13)25-18)12-5-3-9-21(11-12)17(23)15-8-4-10-24-15/h4,8,10,12H,1-3,5-7,9,11H2,(H,19,20,22)/t12-/m1/s1. The van der Waals surface area contributed by atoms with E-state index in [1.165, 1.54) is 29.1 Å². The number of aromatic nitrogens is 1. The SMILES string of the molecule is O=C(Nc1nc2c(s1)CCCC2)[C@@H]1CCCN(C(=O)c2cccs2)C1. The molecule has 0 aromatic carbocycles. The molecule has 1 aliphatic carbocycles. The van der Waals surface area contributed by atoms with Crippen LogP contribution in [0.4, 0.5) is 5.13 Å². The zero-order valence-electron chi connectivity index (χ0n) is 14.0. The molecule has 0 unspecified atom stereocenters. The summed E-state index contributed by atoms with van der Waals surface area (Å²) in [5, 5.41) is 5.63. The first-order valence-electron chi connectivity index (χ1n) is 8.83. The van der Waals surface area contributed by atoms with E-state index in [0.717, 1.165) is 47.9 Å². The summed E-state index contributed by atoms with van der Waals surface area (Å²) >= 11 is 3.06. The lowest BCUT2D eigenvalue weighted by atomic mass is 9.97. The third kappa shape index (κ3) is 3.62. The first-order valence-corrected chi connectivity index (χ1v) is 10.5. The Bertz CT molecular complexity index is 746. The number of fused-ring (bicyclic) bond motifs is 1. The molecule has 1 saturated heterocycles. The number of hydrogen-bond donors (Lipinski definition) is 1. The molecule has 4 rings (SSSR count). The molecule has 132 valence electrons. The van der Waals surface area contributed by atoms with Gasteiger partial charge in [0.25, 0.3) is 5.91 Å². The molecule has 1 aliphatic heterocycles. The molecule has 1 fully saturated rings. The highest BCUT2D eigenvalue weighted by Crippen LogP contribution is 2.30. The Morgan fingerprint density at radius 1 is 1.24 bits per heavy atom. The minimum atomic E-state index is -0.154. The quantitative estimate of drug-likeness (QED) is 0.892. The topological polar surface area (TPSA) is 62.3 Å². The van der Waals surface area contributed by atoms with E-state index >= 15 is 0 Å². The zero-order chi connectivity index (χ0) is 17.2. The van der Waals surface area contributed by atoms with Crippen LogP contribution in [0.5, 0.6) is 0 Å². The van der Waals surface area contributed by atoms with Crippen molar-refractivity contribution < 1.29 is 9.59 Å². The van der Waals surface area contributed by atoms with Gasteiger partial charge in [-0.25, -0.2) is 4.98 Å². The normalized spacial score (nSPS) is 20.2. The minimum Gasteiger partial charge on any atom is -0.337 e. The van der Waals surface area contributed by atoms with Crippen molar-refractivity contribution in [2.45, 2.75) is 38.5 Å². The average Bonchev–Trinajstić information content (AvgIpc) is 3.30. The summed E-state index contributed by atoms with van der Waals surface area (Å²) < 4.78 is 0. The predicted molar refractivity (Wildman–Crippen MR) is 100 cm³/mol. The van der Waals surface area contributed by atoms with Crippen LogP contribution in [0, 0.1) is 5.92 Å². The molecule has 2 aromatic heterocycles. The smallest absolute Gasteiger partial charge is 0.263 e. The van der Waals surface area contributed by atoms with Crippen LogP contribution >= 0.6 is 22.7 Å². The van der Waals surface area contributed by atoms with Crippen molar-refractivity contribution in [2.75, 3.05) is 18.4 Å². The number of nitrogens with one attached hydrogen (secondary N) is 1. The van der Waals surface area contributed by atoms with Gasteiger partial charge in [-0.15, -0.1) is 22.7 Å². The molecule has 5 nitrogen and oxygen atoms in total. The molecular formula is C18H21N3O2S2. The monoisotopic (exact) mass is 375 g/mol. The maximum atomic E-state index is 12.7. The summed E-state index contributed by atoms with van der Waals surface area (Å²) in [5.74, 6) is -0.120. The molecule has 0 saturated carbocycles. The molecule has 3 heterocycles. The van der Waals surface area contributed by atoms with Gasteiger partial charge in [0.05, 0.1) is 16.5 Å². The fraction of sp³-hybridized carbons (Fsp3) is 0.500. The maximum absolute atomic E-state index is 12.7. The second-order valence-electron chi connectivity index (χ2n) is 6.65. The number of rotatable bonds is 3. The number of thiophene rings is 1. The second kappa shape index (κ2) is 7.25. The van der Waals surface area contributed by atoms with Gasteiger partial charge in [-0.05, 0) is 50.0 Å². The number of hydrogen-bond acceptors (Lipinski definition) is 5. The highest BCUT2D eigenvalue weighted by Gasteiger charge is 2.30. The number of carbonyl (C=O) groups excluding carboxylic acids is 2. The minimum absolute atomic E-state index is 0.00484. The van der Waals surface area contributed by atoms with Crippen LogP contribution in [-0.2, 0) is 17.6 Å². The fourth-order valence-electron chi connectivity index (χ4n) is 3.54. The molecule has 0 spiro atoms. The number of piperidine rings is 1. The van der Waals surface area contributed by atoms with Crippen LogP contribution in [0.3, 0.4) is 0 Å². The van der Waals surface area contributed by atoms with Crippen LogP contribution in [0.15, 0.2) is 17.5 Å². The first kappa shape index (κ1) is 16.7. The molecule has 0 radical (unpaired) electrons. The van der Waals surface area contributed by atoms with Crippen LogP contribution < -0.4 is 5.32 Å². The Labute approximate surface area is 155 Å². The third-order valence-corrected chi connectivity index (χ3v) is 6.82. The van der Waals surface area contributed by atoms with Gasteiger partial charge in [-0.3, -0.25) is 9.59 Å². The van der Waals surface area contributed by atoms with Crippen LogP contribution in [0.1, 0.15) is 45.9 Å². The van der Waals surface area contributed by atoms with E-state index in [1.54, 1.807) is 11.3 Å². The molecule has 0 bridgehead atoms. The molecule has 7 heteroatoms. The third-order valence-electron chi connectivity index (χ3n) is 4.89. The van der Waals surface area contributed by atoms with E-state index in [2.05, 4.69) is 10.3 Å². The molecule has 1 atom stereocenters. The lowest BCUT2D eigenvalue weighted by molar-refractivity contribution is -0.121. The van der Waals surface area contributed by atoms with Gasteiger partial charge >= 0.3 is 0 Å². The van der Waals surface area contributed by atoms with Crippen LogP contribution in [-0.4, -0.2) is 34.8 Å². The molecule has 2 aromatic rings. The van der Waals surface area contributed by atoms with Gasteiger partial charge < -0.3 is 10.2 Å². The Morgan fingerprint density at radius 2 is 2.12 bits per heavy atom. The summed E-state index contributed by atoms with van der Waals surface area (Å²) in [6, 6.07) is 3.73. The number of anilines is 1. The summed E-state index contributed by atoms with van der Waals surface area (Å²) in [6.07, 6.45) is 6.19. The summed E-state index contributed by atoms with van der Waals surface area (Å²) in [7, 11) is 0. The number of nitrogens with zero attached hydrogens (tertiary/aromatic N) is 2. The Balaban J connectivity index is 1.40. The number of thiazole rings is 1. The van der Waals surface area contributed by atoms with E-state index in [4.69, 9.17) is 0 Å². The summed E-state index contributed by atoms with van der Waals surface area (Å²) in [6.45, 7) is 1.22. The Hall–Kier alpha value is -1.73. The number of amides is 2. The molecule has 2 amide bonds. The largest absolute Gasteiger partial charge is 0.337 e. The Kier molecular flexibility index (Phi) is 4.85. The Morgan fingerprint density at radius 3 is 2.92 bits per heavy atom. The van der Waals surface area contributed by atoms with Gasteiger partial charge in [0.15, 0.2) is 5.13 Å². The van der Waals surface area contributed by atoms with Crippen molar-refractivity contribution in [1.29, 1.82) is 0 Å². The zero-order valence-corrected chi connectivity index (χ0v) is 15.6. The van der Waals surface area contributed by atoms with Gasteiger partial charge in [0, 0.05) is 18.0 Å². The lowest BCUT2D eigenvalue weighted by Gasteiger charge is -2.31. The summed E-state index contributed by atoms with van der Waals surface area (Å²) in [5.41, 5.74) is 1.16. The number of likely N-dealkylation sites (tertiary alicyclic amines) is 1. The van der Waals surface area contributed by atoms with Crippen molar-refractivity contribution in [3.8, 4) is 0 Å². The van der Waals surface area contributed by atoms with Crippen molar-refractivity contribution >= 4 is 39.6 Å². The van der Waals surface area contributed by atoms with E-state index in [0.29, 0.717) is 6.54 Å². The van der Waals surface area contributed by atoms with Crippen molar-refractivity contribution in [3.63, 3.8) is 0 Å². The van der Waals surface area contributed by atoms with Crippen molar-refractivity contribution in [2.24, 2.45) is 5.92 Å². The predicted octanol–water partition coefficient (Wildman–Crippen LogP) is 3.57. The maximum Gasteiger partial charge on any atom is 0.263 e. The van der Waals surface area contributed by atoms with E-state index in [9.17, 15) is 9.59 Å². The van der Waals surface area contributed by atoms with Crippen molar-refractivity contribution in [3.05, 3.63) is 33.0 Å². The molecule has 2 aliphatic rings. The van der Waals surface area contributed by atoms with Crippen LogP contribution in [0.25, 0.3) is 0 Å². The molecular weight excluding hydrogens is 354 g/mol. The first-order chi connectivity index (χ1) is 12.2. The van der Waals surface area contributed by atoms with E-state index in [-0.39, 0.29) is 17.7 Å². The molecule has 1 N–H and O–H groups in total. The average molecular weight is 376 g/mol. The number of aryl methyl sites for hydroxylation is 2. The van der Waals surface area contributed by atoms with Gasteiger partial charge in [0.2, 0.25) is 5.91 Å². The van der Waals surface area contributed by atoms with Crippen LogP contribution in [0.2, 0.25) is 0 Å². The van der Waals surface area contributed by atoms with Crippen molar-refractivity contribution in [1.82, 2.24) is 9.88 Å². The van der Waals surface area contributed by atoms with Gasteiger partial charge in [-0.2, -0.15) is 0 Å². The lowest BCUT2D eigenvalue weighted by Crippen LogP contribution is -2.43. The van der Waals surface area contributed by atoms with E-state index in [1.807, 2.05) is 22.4 Å². The number of carbonyl (C=O) groups is 2. The highest BCUT2D eigenvalue weighted by molar-refractivity contribution is 7.15. The van der Waals surface area contributed by atoms with E-state index < -0.39 is 0 Å². The molecule has 25 heavy (non-hydrogen) atoms. The highest BCUT2D eigenvalue weighted by atomic mass is 32.1. The second-order valence-corrected chi connectivity index (χ2v) is 8.68. The summed E-state index contributed by atoms with van der Waals surface area (Å²) in [4.78, 5) is 33.6. The van der Waals surface area contributed by atoms with Gasteiger partial charge in [-0.1, -0.05) is 6.07 Å². The van der Waals surface area contributed by atoms with Gasteiger partial charge in [0.1, 0.15) is 0 Å².